The summed E-state index contributed by atoms with van der Waals surface area (Å²) in [7, 11) is 0. The number of aromatic nitrogens is 4. The Bertz CT molecular complexity index is 1030. The first-order valence-corrected chi connectivity index (χ1v) is 11.0. The maximum absolute atomic E-state index is 5.54. The minimum absolute atomic E-state index is 0.534. The molecule has 1 saturated carbocycles. The third kappa shape index (κ3) is 3.20. The smallest absolute Gasteiger partial charge is 0.178 e. The van der Waals surface area contributed by atoms with Crippen molar-refractivity contribution in [1.82, 2.24) is 24.9 Å². The van der Waals surface area contributed by atoms with Gasteiger partial charge in [0.1, 0.15) is 5.82 Å². The number of rotatable bonds is 4. The van der Waals surface area contributed by atoms with Gasteiger partial charge in [-0.2, -0.15) is 5.10 Å². The average Bonchev–Trinajstić information content (AvgIpc) is 3.60. The summed E-state index contributed by atoms with van der Waals surface area (Å²) >= 11 is 0. The lowest BCUT2D eigenvalue weighted by atomic mass is 10.1. The summed E-state index contributed by atoms with van der Waals surface area (Å²) in [6.45, 7) is 7.32. The van der Waals surface area contributed by atoms with Crippen LogP contribution in [0, 0.1) is 0 Å². The molecule has 30 heavy (non-hydrogen) atoms. The molecule has 3 aromatic heterocycles. The van der Waals surface area contributed by atoms with E-state index in [0.29, 0.717) is 5.92 Å². The van der Waals surface area contributed by atoms with Crippen LogP contribution in [0.5, 0.6) is 0 Å². The number of morpholine rings is 1. The standard InChI is InChI=1S/C22H27N7O/c1-2-16(1)20-21(17-3-4-19(24-15-17)28-9-7-23-8-10-28)29-22(26-20)18(5-6-25-29)27-11-13-30-14-12-27/h3-6,15-16,23H,1-2,7-14H2. The van der Waals surface area contributed by atoms with Crippen molar-refractivity contribution in [1.29, 1.82) is 0 Å². The van der Waals surface area contributed by atoms with Gasteiger partial charge < -0.3 is 19.9 Å². The monoisotopic (exact) mass is 405 g/mol. The van der Waals surface area contributed by atoms with E-state index in [4.69, 9.17) is 19.8 Å². The highest BCUT2D eigenvalue weighted by Gasteiger charge is 2.32. The largest absolute Gasteiger partial charge is 0.378 e. The maximum atomic E-state index is 5.54. The zero-order chi connectivity index (χ0) is 19.9. The number of hydrogen-bond acceptors (Lipinski definition) is 7. The molecule has 3 fully saturated rings. The number of fused-ring (bicyclic) bond motifs is 1. The van der Waals surface area contributed by atoms with Crippen molar-refractivity contribution >= 4 is 17.2 Å². The van der Waals surface area contributed by atoms with Gasteiger partial charge in [0.15, 0.2) is 5.65 Å². The second-order valence-corrected chi connectivity index (χ2v) is 8.31. The van der Waals surface area contributed by atoms with Crippen LogP contribution in [-0.4, -0.2) is 72.1 Å². The molecule has 3 aliphatic rings. The summed E-state index contributed by atoms with van der Waals surface area (Å²) in [5.41, 5.74) is 5.45. The number of hydrogen-bond donors (Lipinski definition) is 1. The zero-order valence-corrected chi connectivity index (χ0v) is 17.1. The van der Waals surface area contributed by atoms with Crippen LogP contribution in [0.4, 0.5) is 11.5 Å². The average molecular weight is 406 g/mol. The number of nitrogens with one attached hydrogen (secondary N) is 1. The summed E-state index contributed by atoms with van der Waals surface area (Å²) in [5.74, 6) is 1.58. The van der Waals surface area contributed by atoms with Gasteiger partial charge in [-0.15, -0.1) is 0 Å². The van der Waals surface area contributed by atoms with Crippen LogP contribution in [0.25, 0.3) is 16.9 Å². The Kier molecular flexibility index (Phi) is 4.53. The lowest BCUT2D eigenvalue weighted by molar-refractivity contribution is 0.123. The highest BCUT2D eigenvalue weighted by molar-refractivity contribution is 5.76. The van der Waals surface area contributed by atoms with E-state index < -0.39 is 0 Å². The van der Waals surface area contributed by atoms with E-state index in [9.17, 15) is 0 Å². The molecule has 2 aliphatic heterocycles. The van der Waals surface area contributed by atoms with Gasteiger partial charge in [-0.3, -0.25) is 0 Å². The molecule has 6 rings (SSSR count). The molecular formula is C22H27N7O. The number of pyridine rings is 1. The fourth-order valence-electron chi connectivity index (χ4n) is 4.52. The van der Waals surface area contributed by atoms with Crippen molar-refractivity contribution in [3.63, 3.8) is 0 Å². The third-order valence-electron chi connectivity index (χ3n) is 6.30. The zero-order valence-electron chi connectivity index (χ0n) is 17.1. The summed E-state index contributed by atoms with van der Waals surface area (Å²) in [6, 6.07) is 6.41. The maximum Gasteiger partial charge on any atom is 0.178 e. The highest BCUT2D eigenvalue weighted by Crippen LogP contribution is 2.44. The molecule has 3 aromatic rings. The fraction of sp³-hybridized carbons (Fsp3) is 0.500. The molecule has 5 heterocycles. The van der Waals surface area contributed by atoms with Crippen molar-refractivity contribution in [2.75, 3.05) is 62.3 Å². The first kappa shape index (κ1) is 18.1. The van der Waals surface area contributed by atoms with E-state index in [2.05, 4.69) is 33.3 Å². The molecule has 0 spiro atoms. The van der Waals surface area contributed by atoms with E-state index >= 15 is 0 Å². The minimum Gasteiger partial charge on any atom is -0.378 e. The van der Waals surface area contributed by atoms with Crippen LogP contribution in [0.3, 0.4) is 0 Å². The highest BCUT2D eigenvalue weighted by atomic mass is 16.5. The number of piperazine rings is 1. The third-order valence-corrected chi connectivity index (χ3v) is 6.30. The molecular weight excluding hydrogens is 378 g/mol. The SMILES string of the molecule is c1cc(N2CCOCC2)c2nc(C3CC3)c(-c3ccc(N4CCNCC4)nc3)n2n1. The molecule has 8 heteroatoms. The Morgan fingerprint density at radius 3 is 2.53 bits per heavy atom. The van der Waals surface area contributed by atoms with Crippen LogP contribution < -0.4 is 15.1 Å². The van der Waals surface area contributed by atoms with Gasteiger partial charge in [0.25, 0.3) is 0 Å². The van der Waals surface area contributed by atoms with Gasteiger partial charge in [0.2, 0.25) is 0 Å². The molecule has 156 valence electrons. The molecule has 0 unspecified atom stereocenters. The van der Waals surface area contributed by atoms with E-state index in [-0.39, 0.29) is 0 Å². The molecule has 1 aliphatic carbocycles. The first-order chi connectivity index (χ1) is 14.9. The number of anilines is 2. The summed E-state index contributed by atoms with van der Waals surface area (Å²) in [6.07, 6.45) is 6.30. The molecule has 0 bridgehead atoms. The summed E-state index contributed by atoms with van der Waals surface area (Å²) < 4.78 is 7.57. The van der Waals surface area contributed by atoms with Crippen molar-refractivity contribution in [3.05, 3.63) is 36.3 Å². The predicted octanol–water partition coefficient (Wildman–Crippen LogP) is 1.91. The Balaban J connectivity index is 1.41. The number of imidazole rings is 1. The van der Waals surface area contributed by atoms with Crippen molar-refractivity contribution in [2.45, 2.75) is 18.8 Å². The van der Waals surface area contributed by atoms with Gasteiger partial charge >= 0.3 is 0 Å². The van der Waals surface area contributed by atoms with Gasteiger partial charge in [-0.25, -0.2) is 14.5 Å². The minimum atomic E-state index is 0.534. The van der Waals surface area contributed by atoms with Gasteiger partial charge in [-0.05, 0) is 31.0 Å². The molecule has 1 N–H and O–H groups in total. The van der Waals surface area contributed by atoms with Gasteiger partial charge in [0, 0.05) is 56.9 Å². The van der Waals surface area contributed by atoms with Crippen molar-refractivity contribution in [3.8, 4) is 11.3 Å². The fourth-order valence-corrected chi connectivity index (χ4v) is 4.52. The van der Waals surface area contributed by atoms with Crippen LogP contribution in [0.1, 0.15) is 24.5 Å². The van der Waals surface area contributed by atoms with E-state index in [1.165, 1.54) is 18.5 Å². The van der Waals surface area contributed by atoms with Crippen LogP contribution in [-0.2, 0) is 4.74 Å². The lowest BCUT2D eigenvalue weighted by Crippen LogP contribution is -2.43. The van der Waals surface area contributed by atoms with Gasteiger partial charge in [0.05, 0.1) is 36.5 Å². The van der Waals surface area contributed by atoms with Crippen LogP contribution in [0.2, 0.25) is 0 Å². The Labute approximate surface area is 175 Å². The normalized spacial score (nSPS) is 20.1. The van der Waals surface area contributed by atoms with E-state index in [1.54, 1.807) is 0 Å². The molecule has 0 atom stereocenters. The molecule has 2 saturated heterocycles. The summed E-state index contributed by atoms with van der Waals surface area (Å²) in [5, 5.41) is 8.10. The van der Waals surface area contributed by atoms with Crippen LogP contribution in [0.15, 0.2) is 30.6 Å². The second-order valence-electron chi connectivity index (χ2n) is 8.31. The van der Waals surface area contributed by atoms with Crippen molar-refractivity contribution in [2.24, 2.45) is 0 Å². The predicted molar refractivity (Wildman–Crippen MR) is 116 cm³/mol. The lowest BCUT2D eigenvalue weighted by Gasteiger charge is -2.28. The molecule has 8 nitrogen and oxygen atoms in total. The number of nitrogens with zero attached hydrogens (tertiary/aromatic N) is 6. The molecule has 0 aromatic carbocycles. The van der Waals surface area contributed by atoms with Crippen LogP contribution >= 0.6 is 0 Å². The molecule has 0 amide bonds. The Hall–Kier alpha value is -2.71. The molecule has 0 radical (unpaired) electrons. The first-order valence-electron chi connectivity index (χ1n) is 11.0. The van der Waals surface area contributed by atoms with Crippen molar-refractivity contribution < 1.29 is 4.74 Å². The quantitative estimate of drug-likeness (QED) is 0.711. The van der Waals surface area contributed by atoms with E-state index in [1.807, 2.05) is 16.9 Å². The second kappa shape index (κ2) is 7.52. The number of ether oxygens (including phenoxy) is 1. The Morgan fingerprint density at radius 2 is 1.80 bits per heavy atom. The summed E-state index contributed by atoms with van der Waals surface area (Å²) in [4.78, 5) is 14.6. The topological polar surface area (TPSA) is 70.8 Å². The Morgan fingerprint density at radius 1 is 0.967 bits per heavy atom. The van der Waals surface area contributed by atoms with Gasteiger partial charge in [-0.1, -0.05) is 0 Å². The van der Waals surface area contributed by atoms with E-state index in [0.717, 1.165) is 80.9 Å².